The topological polar surface area (TPSA) is 34.1 Å². The average Bonchev–Trinajstić information content (AvgIpc) is 3.28. The maximum absolute atomic E-state index is 5.93. The fourth-order valence-corrected chi connectivity index (χ4v) is 3.84. The molecule has 0 unspecified atom stereocenters. The number of hydrogen-bond acceptors (Lipinski definition) is 5. The van der Waals surface area contributed by atoms with E-state index in [9.17, 15) is 0 Å². The van der Waals surface area contributed by atoms with Crippen LogP contribution in [-0.4, -0.2) is 4.37 Å². The molecule has 0 amide bonds. The van der Waals surface area contributed by atoms with Gasteiger partial charge in [-0.3, -0.25) is 0 Å². The van der Waals surface area contributed by atoms with Crippen LogP contribution in [0.3, 0.4) is 0 Å². The van der Waals surface area contributed by atoms with Gasteiger partial charge in [0.2, 0.25) is 0 Å². The summed E-state index contributed by atoms with van der Waals surface area (Å²) in [5.41, 5.74) is 1.16. The van der Waals surface area contributed by atoms with E-state index >= 15 is 0 Å². The molecular weight excluding hydrogens is 336 g/mol. The van der Waals surface area contributed by atoms with E-state index in [0.29, 0.717) is 6.61 Å². The number of anilines is 1. The van der Waals surface area contributed by atoms with Crippen LogP contribution < -0.4 is 10.1 Å². The van der Waals surface area contributed by atoms with Crippen molar-refractivity contribution in [1.29, 1.82) is 0 Å². The van der Waals surface area contributed by atoms with Gasteiger partial charge in [0, 0.05) is 10.3 Å². The number of ether oxygens (including phenoxy) is 1. The molecule has 0 atom stereocenters. The van der Waals surface area contributed by atoms with Gasteiger partial charge in [-0.05, 0) is 46.7 Å². The molecule has 0 aliphatic heterocycles. The van der Waals surface area contributed by atoms with E-state index in [0.717, 1.165) is 33.8 Å². The average molecular weight is 352 g/mol. The Labute approximate surface area is 148 Å². The molecule has 4 aromatic rings. The Hall–Kier alpha value is -2.37. The summed E-state index contributed by atoms with van der Waals surface area (Å²) in [6.45, 7) is 1.37. The first-order valence-corrected chi connectivity index (χ1v) is 9.36. The van der Waals surface area contributed by atoms with Crippen LogP contribution in [-0.2, 0) is 13.2 Å². The number of aromatic nitrogens is 1. The van der Waals surface area contributed by atoms with Crippen molar-refractivity contribution < 1.29 is 4.74 Å². The molecule has 0 saturated carbocycles. The molecule has 0 saturated heterocycles. The first-order chi connectivity index (χ1) is 11.9. The van der Waals surface area contributed by atoms with Crippen molar-refractivity contribution in [3.05, 3.63) is 76.5 Å². The van der Waals surface area contributed by atoms with E-state index in [1.54, 1.807) is 11.3 Å². The summed E-state index contributed by atoms with van der Waals surface area (Å²) in [6.07, 6.45) is 0. The molecule has 120 valence electrons. The SMILES string of the molecule is c1ccc(COc2ccc3snc(NCc4cccs4)c3c2)cc1. The van der Waals surface area contributed by atoms with Gasteiger partial charge in [-0.1, -0.05) is 36.4 Å². The summed E-state index contributed by atoms with van der Waals surface area (Å²) >= 11 is 3.26. The first-order valence-electron chi connectivity index (χ1n) is 7.71. The van der Waals surface area contributed by atoms with Gasteiger partial charge in [-0.2, -0.15) is 4.37 Å². The maximum atomic E-state index is 5.93. The lowest BCUT2D eigenvalue weighted by molar-refractivity contribution is 0.306. The van der Waals surface area contributed by atoms with Gasteiger partial charge in [-0.15, -0.1) is 11.3 Å². The number of nitrogens with zero attached hydrogens (tertiary/aromatic N) is 1. The highest BCUT2D eigenvalue weighted by molar-refractivity contribution is 7.13. The van der Waals surface area contributed by atoms with Crippen LogP contribution in [0.1, 0.15) is 10.4 Å². The number of thiophene rings is 1. The zero-order valence-electron chi connectivity index (χ0n) is 12.9. The molecule has 0 aliphatic rings. The normalized spacial score (nSPS) is 10.8. The van der Waals surface area contributed by atoms with E-state index in [1.165, 1.54) is 16.4 Å². The smallest absolute Gasteiger partial charge is 0.148 e. The van der Waals surface area contributed by atoms with Gasteiger partial charge in [0.1, 0.15) is 18.2 Å². The predicted octanol–water partition coefficient (Wildman–Crippen LogP) is 5.55. The molecule has 4 rings (SSSR count). The minimum atomic E-state index is 0.571. The molecular formula is C19H16N2OS2. The molecule has 2 aromatic carbocycles. The van der Waals surface area contributed by atoms with Crippen LogP contribution in [0.4, 0.5) is 5.82 Å². The highest BCUT2D eigenvalue weighted by atomic mass is 32.1. The molecule has 0 aliphatic carbocycles. The lowest BCUT2D eigenvalue weighted by atomic mass is 10.2. The van der Waals surface area contributed by atoms with Gasteiger partial charge in [0.15, 0.2) is 0 Å². The van der Waals surface area contributed by atoms with Crippen LogP contribution >= 0.6 is 22.9 Å². The molecule has 0 radical (unpaired) electrons. The van der Waals surface area contributed by atoms with Crippen molar-refractivity contribution in [3.63, 3.8) is 0 Å². The van der Waals surface area contributed by atoms with Crippen molar-refractivity contribution in [2.45, 2.75) is 13.2 Å². The van der Waals surface area contributed by atoms with Gasteiger partial charge in [-0.25, -0.2) is 0 Å². The monoisotopic (exact) mass is 352 g/mol. The van der Waals surface area contributed by atoms with E-state index in [4.69, 9.17) is 4.74 Å². The number of benzene rings is 2. The second kappa shape index (κ2) is 7.03. The number of hydrogen-bond donors (Lipinski definition) is 1. The van der Waals surface area contributed by atoms with Crippen LogP contribution in [0, 0.1) is 0 Å². The Balaban J connectivity index is 1.50. The highest BCUT2D eigenvalue weighted by Crippen LogP contribution is 2.31. The number of rotatable bonds is 6. The van der Waals surface area contributed by atoms with Gasteiger partial charge < -0.3 is 10.1 Å². The Kier molecular flexibility index (Phi) is 4.44. The minimum Gasteiger partial charge on any atom is -0.489 e. The fourth-order valence-electron chi connectivity index (χ4n) is 2.46. The second-order valence-electron chi connectivity index (χ2n) is 5.40. The van der Waals surface area contributed by atoms with Crippen LogP contribution in [0.25, 0.3) is 10.1 Å². The predicted molar refractivity (Wildman–Crippen MR) is 102 cm³/mol. The van der Waals surface area contributed by atoms with E-state index < -0.39 is 0 Å². The molecule has 0 fully saturated rings. The van der Waals surface area contributed by atoms with Crippen molar-refractivity contribution in [2.24, 2.45) is 0 Å². The van der Waals surface area contributed by atoms with Crippen molar-refractivity contribution in [1.82, 2.24) is 4.37 Å². The zero-order chi connectivity index (χ0) is 16.2. The molecule has 2 heterocycles. The first kappa shape index (κ1) is 15.2. The Morgan fingerprint density at radius 1 is 1.00 bits per heavy atom. The summed E-state index contributed by atoms with van der Waals surface area (Å²) in [5.74, 6) is 1.79. The van der Waals surface area contributed by atoms with E-state index in [-0.39, 0.29) is 0 Å². The summed E-state index contributed by atoms with van der Waals surface area (Å²) in [5, 5.41) is 6.63. The highest BCUT2D eigenvalue weighted by Gasteiger charge is 2.08. The molecule has 1 N–H and O–H groups in total. The van der Waals surface area contributed by atoms with E-state index in [2.05, 4.69) is 51.5 Å². The largest absolute Gasteiger partial charge is 0.489 e. The molecule has 3 nitrogen and oxygen atoms in total. The molecule has 0 spiro atoms. The van der Waals surface area contributed by atoms with Gasteiger partial charge in [0.25, 0.3) is 0 Å². The Morgan fingerprint density at radius 3 is 2.75 bits per heavy atom. The molecule has 2 aromatic heterocycles. The molecule has 24 heavy (non-hydrogen) atoms. The quantitative estimate of drug-likeness (QED) is 0.494. The fraction of sp³-hybridized carbons (Fsp3) is 0.105. The van der Waals surface area contributed by atoms with Crippen LogP contribution in [0.15, 0.2) is 66.0 Å². The standard InChI is InChI=1S/C19H16N2OS2/c1-2-5-14(6-3-1)13-22-15-8-9-18-17(11-15)19(21-24-18)20-12-16-7-4-10-23-16/h1-11H,12-13H2,(H,20,21). The third-order valence-electron chi connectivity index (χ3n) is 3.70. The molecule has 5 heteroatoms. The lowest BCUT2D eigenvalue weighted by Gasteiger charge is -2.07. The van der Waals surface area contributed by atoms with Crippen molar-refractivity contribution in [2.75, 3.05) is 5.32 Å². The maximum Gasteiger partial charge on any atom is 0.148 e. The third-order valence-corrected chi connectivity index (χ3v) is 5.40. The molecule has 0 bridgehead atoms. The third kappa shape index (κ3) is 3.42. The Morgan fingerprint density at radius 2 is 1.92 bits per heavy atom. The van der Waals surface area contributed by atoms with Gasteiger partial charge >= 0.3 is 0 Å². The summed E-state index contributed by atoms with van der Waals surface area (Å²) < 4.78 is 11.6. The van der Waals surface area contributed by atoms with Crippen molar-refractivity contribution in [3.8, 4) is 5.75 Å². The minimum absolute atomic E-state index is 0.571. The summed E-state index contributed by atoms with van der Waals surface area (Å²) in [4.78, 5) is 1.30. The van der Waals surface area contributed by atoms with Crippen LogP contribution in [0.5, 0.6) is 5.75 Å². The number of fused-ring (bicyclic) bond motifs is 1. The van der Waals surface area contributed by atoms with Crippen LogP contribution in [0.2, 0.25) is 0 Å². The Bertz CT molecular complexity index is 917. The number of nitrogens with one attached hydrogen (secondary N) is 1. The van der Waals surface area contributed by atoms with E-state index in [1.807, 2.05) is 24.3 Å². The van der Waals surface area contributed by atoms with Crippen molar-refractivity contribution >= 4 is 38.8 Å². The zero-order valence-corrected chi connectivity index (χ0v) is 14.6. The summed E-state index contributed by atoms with van der Waals surface area (Å²) in [7, 11) is 0. The lowest BCUT2D eigenvalue weighted by Crippen LogP contribution is -1.98. The second-order valence-corrected chi connectivity index (χ2v) is 7.23. The van der Waals surface area contributed by atoms with Gasteiger partial charge in [0.05, 0.1) is 11.2 Å². The summed E-state index contributed by atoms with van der Waals surface area (Å²) in [6, 6.07) is 20.5.